The molecule has 0 aliphatic carbocycles. The lowest BCUT2D eigenvalue weighted by molar-refractivity contribution is -0.108. The van der Waals surface area contributed by atoms with Gasteiger partial charge >= 0.3 is 0 Å². The van der Waals surface area contributed by atoms with Crippen LogP contribution in [0.3, 0.4) is 0 Å². The normalized spacial score (nSPS) is 12.6. The molecular weight excluding hydrogens is 160 g/mol. The van der Waals surface area contributed by atoms with Gasteiger partial charge in [0.05, 0.1) is 0 Å². The molecule has 0 heterocycles. The van der Waals surface area contributed by atoms with Crippen LogP contribution in [0.25, 0.3) is 0 Å². The Morgan fingerprint density at radius 1 is 1.15 bits per heavy atom. The number of hydrogen-bond acceptors (Lipinski definition) is 1. The Balaban J connectivity index is 3.28. The summed E-state index contributed by atoms with van der Waals surface area (Å²) >= 11 is 0. The van der Waals surface area contributed by atoms with Gasteiger partial charge in [-0.05, 0) is 37.5 Å². The summed E-state index contributed by atoms with van der Waals surface area (Å²) in [5.74, 6) is 0.0144. The fourth-order valence-corrected chi connectivity index (χ4v) is 1.98. The van der Waals surface area contributed by atoms with Crippen LogP contribution >= 0.6 is 0 Å². The Morgan fingerprint density at radius 2 is 1.62 bits per heavy atom. The van der Waals surface area contributed by atoms with E-state index < -0.39 is 0 Å². The van der Waals surface area contributed by atoms with Gasteiger partial charge in [0, 0.05) is 5.92 Å². The molecule has 1 aromatic carbocycles. The van der Waals surface area contributed by atoms with Gasteiger partial charge in [0.1, 0.15) is 6.29 Å². The van der Waals surface area contributed by atoms with Crippen LogP contribution < -0.4 is 0 Å². The molecule has 0 bridgehead atoms. The smallest absolute Gasteiger partial charge is 0.127 e. The van der Waals surface area contributed by atoms with Gasteiger partial charge in [0.15, 0.2) is 0 Å². The summed E-state index contributed by atoms with van der Waals surface area (Å²) in [7, 11) is 0. The fraction of sp³-hybridized carbons (Fsp3) is 0.417. The number of aryl methyl sites for hydroxylation is 3. The summed E-state index contributed by atoms with van der Waals surface area (Å²) in [5.41, 5.74) is 4.88. The molecule has 0 saturated carbocycles. The van der Waals surface area contributed by atoms with Gasteiger partial charge in [-0.25, -0.2) is 0 Å². The molecule has 0 radical (unpaired) electrons. The molecule has 0 spiro atoms. The lowest BCUT2D eigenvalue weighted by Gasteiger charge is -2.13. The minimum Gasteiger partial charge on any atom is -0.303 e. The van der Waals surface area contributed by atoms with Crippen LogP contribution in [0.2, 0.25) is 0 Å². The zero-order valence-corrected chi connectivity index (χ0v) is 8.72. The van der Waals surface area contributed by atoms with E-state index in [1.165, 1.54) is 22.3 Å². The number of rotatable bonds is 2. The summed E-state index contributed by atoms with van der Waals surface area (Å²) in [6, 6.07) is 4.25. The monoisotopic (exact) mass is 176 g/mol. The highest BCUT2D eigenvalue weighted by molar-refractivity contribution is 5.64. The van der Waals surface area contributed by atoms with E-state index in [9.17, 15) is 4.79 Å². The number of benzene rings is 1. The van der Waals surface area contributed by atoms with E-state index in [0.717, 1.165) is 6.29 Å². The second-order valence-corrected chi connectivity index (χ2v) is 3.74. The van der Waals surface area contributed by atoms with E-state index in [1.807, 2.05) is 6.92 Å². The first-order chi connectivity index (χ1) is 6.06. The van der Waals surface area contributed by atoms with Crippen molar-refractivity contribution in [2.24, 2.45) is 0 Å². The van der Waals surface area contributed by atoms with E-state index in [-0.39, 0.29) is 5.92 Å². The molecule has 0 aromatic heterocycles. The van der Waals surface area contributed by atoms with Crippen molar-refractivity contribution in [3.63, 3.8) is 0 Å². The molecule has 1 nitrogen and oxygen atoms in total. The van der Waals surface area contributed by atoms with Gasteiger partial charge < -0.3 is 4.79 Å². The third-order valence-electron chi connectivity index (χ3n) is 2.40. The van der Waals surface area contributed by atoms with Gasteiger partial charge in [-0.15, -0.1) is 0 Å². The maximum Gasteiger partial charge on any atom is 0.127 e. The first-order valence-corrected chi connectivity index (χ1v) is 4.59. The Bertz CT molecular complexity index is 303. The SMILES string of the molecule is Cc1cc(C)c(C(C)C=O)c(C)c1. The predicted octanol–water partition coefficient (Wildman–Crippen LogP) is 2.91. The largest absolute Gasteiger partial charge is 0.303 e. The second kappa shape index (κ2) is 3.73. The number of carbonyl (C=O) groups excluding carboxylic acids is 1. The van der Waals surface area contributed by atoms with E-state index >= 15 is 0 Å². The molecule has 1 rings (SSSR count). The van der Waals surface area contributed by atoms with Crippen molar-refractivity contribution >= 4 is 6.29 Å². The van der Waals surface area contributed by atoms with E-state index in [0.29, 0.717) is 0 Å². The van der Waals surface area contributed by atoms with Gasteiger partial charge in [-0.3, -0.25) is 0 Å². The standard InChI is InChI=1S/C12H16O/c1-8-5-9(2)12(10(3)6-8)11(4)7-13/h5-7,11H,1-4H3. The van der Waals surface area contributed by atoms with Crippen molar-refractivity contribution in [3.05, 3.63) is 34.4 Å². The molecule has 0 amide bonds. The van der Waals surface area contributed by atoms with Crippen LogP contribution in [0.4, 0.5) is 0 Å². The van der Waals surface area contributed by atoms with Crippen molar-refractivity contribution < 1.29 is 4.79 Å². The number of hydrogen-bond donors (Lipinski definition) is 0. The summed E-state index contributed by atoms with van der Waals surface area (Å²) in [4.78, 5) is 10.7. The van der Waals surface area contributed by atoms with Crippen molar-refractivity contribution in [3.8, 4) is 0 Å². The molecule has 1 heteroatoms. The highest BCUT2D eigenvalue weighted by Crippen LogP contribution is 2.23. The first kappa shape index (κ1) is 9.97. The molecule has 1 unspecified atom stereocenters. The molecule has 0 saturated heterocycles. The third-order valence-corrected chi connectivity index (χ3v) is 2.40. The minimum atomic E-state index is 0.0144. The summed E-state index contributed by atoms with van der Waals surface area (Å²) in [6.07, 6.45) is 1.00. The zero-order valence-electron chi connectivity index (χ0n) is 8.72. The Morgan fingerprint density at radius 3 is 2.00 bits per heavy atom. The maximum absolute atomic E-state index is 10.7. The summed E-state index contributed by atoms with van der Waals surface area (Å²) < 4.78 is 0. The molecule has 0 aliphatic heterocycles. The summed E-state index contributed by atoms with van der Waals surface area (Å²) in [5, 5.41) is 0. The van der Waals surface area contributed by atoms with Gasteiger partial charge in [0.25, 0.3) is 0 Å². The first-order valence-electron chi connectivity index (χ1n) is 4.59. The Hall–Kier alpha value is -1.11. The van der Waals surface area contributed by atoms with Crippen LogP contribution in [0.15, 0.2) is 12.1 Å². The number of carbonyl (C=O) groups is 1. The zero-order chi connectivity index (χ0) is 10.0. The van der Waals surface area contributed by atoms with E-state index in [4.69, 9.17) is 0 Å². The molecule has 0 N–H and O–H groups in total. The number of aldehydes is 1. The van der Waals surface area contributed by atoms with Crippen molar-refractivity contribution in [1.29, 1.82) is 0 Å². The molecular formula is C12H16O. The van der Waals surface area contributed by atoms with Crippen molar-refractivity contribution in [1.82, 2.24) is 0 Å². The lowest BCUT2D eigenvalue weighted by atomic mass is 9.91. The van der Waals surface area contributed by atoms with Crippen LogP contribution in [0.1, 0.15) is 35.1 Å². The van der Waals surface area contributed by atoms with Crippen LogP contribution in [-0.4, -0.2) is 6.29 Å². The molecule has 0 fully saturated rings. The molecule has 70 valence electrons. The average Bonchev–Trinajstić information content (AvgIpc) is 2.02. The fourth-order valence-electron chi connectivity index (χ4n) is 1.98. The second-order valence-electron chi connectivity index (χ2n) is 3.74. The average molecular weight is 176 g/mol. The van der Waals surface area contributed by atoms with Crippen LogP contribution in [0.5, 0.6) is 0 Å². The quantitative estimate of drug-likeness (QED) is 0.633. The highest BCUT2D eigenvalue weighted by atomic mass is 16.1. The topological polar surface area (TPSA) is 17.1 Å². The van der Waals surface area contributed by atoms with E-state index in [2.05, 4.69) is 32.9 Å². The van der Waals surface area contributed by atoms with Crippen LogP contribution in [-0.2, 0) is 4.79 Å². The molecule has 13 heavy (non-hydrogen) atoms. The Labute approximate surface area is 79.8 Å². The summed E-state index contributed by atoms with van der Waals surface area (Å²) in [6.45, 7) is 8.15. The predicted molar refractivity (Wildman–Crippen MR) is 55.1 cm³/mol. The molecule has 0 aliphatic rings. The van der Waals surface area contributed by atoms with Crippen molar-refractivity contribution in [2.75, 3.05) is 0 Å². The van der Waals surface area contributed by atoms with Crippen LogP contribution in [0, 0.1) is 20.8 Å². The minimum absolute atomic E-state index is 0.0144. The lowest BCUT2D eigenvalue weighted by Crippen LogP contribution is -2.01. The van der Waals surface area contributed by atoms with Gasteiger partial charge in [0.2, 0.25) is 0 Å². The molecule has 1 aromatic rings. The van der Waals surface area contributed by atoms with Gasteiger partial charge in [-0.2, -0.15) is 0 Å². The van der Waals surface area contributed by atoms with Crippen molar-refractivity contribution in [2.45, 2.75) is 33.6 Å². The third kappa shape index (κ3) is 1.97. The maximum atomic E-state index is 10.7. The Kier molecular flexibility index (Phi) is 2.86. The highest BCUT2D eigenvalue weighted by Gasteiger charge is 2.10. The van der Waals surface area contributed by atoms with Gasteiger partial charge in [-0.1, -0.05) is 24.6 Å². The van der Waals surface area contributed by atoms with E-state index in [1.54, 1.807) is 0 Å². The molecule has 1 atom stereocenters.